The van der Waals surface area contributed by atoms with E-state index < -0.39 is 0 Å². The fraction of sp³-hybridized carbons (Fsp3) is 0.111. The minimum atomic E-state index is 0.496. The monoisotopic (exact) mass is 175 g/mol. The van der Waals surface area contributed by atoms with E-state index in [1.165, 1.54) is 6.39 Å². The van der Waals surface area contributed by atoms with E-state index in [2.05, 4.69) is 10.2 Å². The third-order valence-corrected chi connectivity index (χ3v) is 1.71. The first kappa shape index (κ1) is 7.79. The van der Waals surface area contributed by atoms with Crippen LogP contribution in [0.1, 0.15) is 5.56 Å². The summed E-state index contributed by atoms with van der Waals surface area (Å²) in [6.07, 6.45) is 1.30. The van der Waals surface area contributed by atoms with Crippen molar-refractivity contribution in [3.63, 3.8) is 0 Å². The van der Waals surface area contributed by atoms with Gasteiger partial charge in [-0.25, -0.2) is 0 Å². The molecule has 2 N–H and O–H groups in total. The summed E-state index contributed by atoms with van der Waals surface area (Å²) in [5.74, 6) is 0.496. The predicted octanol–water partition coefficient (Wildman–Crippen LogP) is 1.63. The minimum absolute atomic E-state index is 0.496. The Kier molecular flexibility index (Phi) is 1.73. The molecule has 13 heavy (non-hydrogen) atoms. The molecule has 0 spiro atoms. The molecule has 0 atom stereocenters. The van der Waals surface area contributed by atoms with Crippen LogP contribution in [-0.2, 0) is 0 Å². The quantitative estimate of drug-likeness (QED) is 0.669. The molecule has 1 aromatic carbocycles. The number of nitrogens with zero attached hydrogens (tertiary/aromatic N) is 2. The van der Waals surface area contributed by atoms with Gasteiger partial charge in [-0.3, -0.25) is 0 Å². The van der Waals surface area contributed by atoms with Crippen LogP contribution in [0.4, 0.5) is 5.69 Å². The van der Waals surface area contributed by atoms with Crippen LogP contribution in [0.25, 0.3) is 11.5 Å². The van der Waals surface area contributed by atoms with E-state index in [0.717, 1.165) is 11.1 Å². The summed E-state index contributed by atoms with van der Waals surface area (Å²) in [5.41, 5.74) is 8.31. The SMILES string of the molecule is Cc1cc(N)cc(-c2nnco2)c1. The lowest BCUT2D eigenvalue weighted by Crippen LogP contribution is -1.87. The molecule has 0 amide bonds. The second-order valence-corrected chi connectivity index (χ2v) is 2.88. The van der Waals surface area contributed by atoms with Crippen LogP contribution in [0, 0.1) is 6.92 Å². The van der Waals surface area contributed by atoms with Gasteiger partial charge in [0.15, 0.2) is 0 Å². The Morgan fingerprint density at radius 2 is 2.15 bits per heavy atom. The fourth-order valence-electron chi connectivity index (χ4n) is 1.24. The van der Waals surface area contributed by atoms with Crippen molar-refractivity contribution in [1.82, 2.24) is 10.2 Å². The summed E-state index contributed by atoms with van der Waals surface area (Å²) < 4.78 is 5.05. The van der Waals surface area contributed by atoms with Crippen molar-refractivity contribution < 1.29 is 4.42 Å². The molecule has 4 nitrogen and oxygen atoms in total. The van der Waals surface area contributed by atoms with E-state index in [1.54, 1.807) is 6.07 Å². The molecule has 0 saturated carbocycles. The van der Waals surface area contributed by atoms with Crippen molar-refractivity contribution >= 4 is 5.69 Å². The van der Waals surface area contributed by atoms with E-state index in [1.807, 2.05) is 19.1 Å². The summed E-state index contributed by atoms with van der Waals surface area (Å²) in [6, 6.07) is 5.64. The van der Waals surface area contributed by atoms with Crippen LogP contribution in [0.2, 0.25) is 0 Å². The zero-order valence-corrected chi connectivity index (χ0v) is 7.19. The highest BCUT2D eigenvalue weighted by Gasteiger charge is 2.03. The molecule has 0 unspecified atom stereocenters. The van der Waals surface area contributed by atoms with Crippen LogP contribution in [0.5, 0.6) is 0 Å². The van der Waals surface area contributed by atoms with E-state index in [9.17, 15) is 0 Å². The second-order valence-electron chi connectivity index (χ2n) is 2.88. The highest BCUT2D eigenvalue weighted by molar-refractivity contribution is 5.61. The van der Waals surface area contributed by atoms with Gasteiger partial charge < -0.3 is 10.2 Å². The van der Waals surface area contributed by atoms with Crippen LogP contribution in [-0.4, -0.2) is 10.2 Å². The molecule has 4 heteroatoms. The molecule has 0 aliphatic rings. The van der Waals surface area contributed by atoms with Crippen LogP contribution >= 0.6 is 0 Å². The average molecular weight is 175 g/mol. The largest absolute Gasteiger partial charge is 0.423 e. The summed E-state index contributed by atoms with van der Waals surface area (Å²) in [5, 5.41) is 7.40. The molecule has 0 fully saturated rings. The maximum Gasteiger partial charge on any atom is 0.247 e. The van der Waals surface area contributed by atoms with Gasteiger partial charge in [0.1, 0.15) is 0 Å². The zero-order valence-electron chi connectivity index (χ0n) is 7.19. The molecule has 1 heterocycles. The topological polar surface area (TPSA) is 64.9 Å². The number of hydrogen-bond donors (Lipinski definition) is 1. The Balaban J connectivity index is 2.53. The normalized spacial score (nSPS) is 10.2. The summed E-state index contributed by atoms with van der Waals surface area (Å²) in [7, 11) is 0. The highest BCUT2D eigenvalue weighted by atomic mass is 16.4. The molecule has 0 radical (unpaired) electrons. The molecule has 0 bridgehead atoms. The standard InChI is InChI=1S/C9H9N3O/c1-6-2-7(4-8(10)3-6)9-12-11-5-13-9/h2-5H,10H2,1H3. The molecule has 0 saturated heterocycles. The van der Waals surface area contributed by atoms with Crippen LogP contribution < -0.4 is 5.73 Å². The van der Waals surface area contributed by atoms with Gasteiger partial charge >= 0.3 is 0 Å². The van der Waals surface area contributed by atoms with Crippen molar-refractivity contribution in [3.05, 3.63) is 30.2 Å². The fourth-order valence-corrected chi connectivity index (χ4v) is 1.24. The summed E-state index contributed by atoms with van der Waals surface area (Å²) in [6.45, 7) is 1.97. The third kappa shape index (κ3) is 1.51. The van der Waals surface area contributed by atoms with Crippen LogP contribution in [0.15, 0.2) is 29.0 Å². The van der Waals surface area contributed by atoms with Crippen molar-refractivity contribution in [1.29, 1.82) is 0 Å². The summed E-state index contributed by atoms with van der Waals surface area (Å²) in [4.78, 5) is 0. The van der Waals surface area contributed by atoms with Gasteiger partial charge in [-0.2, -0.15) is 0 Å². The number of aromatic nitrogens is 2. The molecule has 66 valence electrons. The van der Waals surface area contributed by atoms with Crippen molar-refractivity contribution in [2.45, 2.75) is 6.92 Å². The molecule has 1 aromatic heterocycles. The first-order valence-corrected chi connectivity index (χ1v) is 3.89. The van der Waals surface area contributed by atoms with Gasteiger partial charge in [0.25, 0.3) is 0 Å². The average Bonchev–Trinajstić information content (AvgIpc) is 2.53. The number of aryl methyl sites for hydroxylation is 1. The number of rotatable bonds is 1. The van der Waals surface area contributed by atoms with Gasteiger partial charge in [0.2, 0.25) is 12.3 Å². The summed E-state index contributed by atoms with van der Waals surface area (Å²) >= 11 is 0. The number of hydrogen-bond acceptors (Lipinski definition) is 4. The first-order valence-electron chi connectivity index (χ1n) is 3.89. The first-order chi connectivity index (χ1) is 6.25. The number of anilines is 1. The maximum absolute atomic E-state index is 5.68. The lowest BCUT2D eigenvalue weighted by Gasteiger charge is -1.99. The number of benzene rings is 1. The van der Waals surface area contributed by atoms with E-state index in [-0.39, 0.29) is 0 Å². The highest BCUT2D eigenvalue weighted by Crippen LogP contribution is 2.20. The minimum Gasteiger partial charge on any atom is -0.423 e. The van der Waals surface area contributed by atoms with Gasteiger partial charge in [-0.1, -0.05) is 0 Å². The molecule has 2 aromatic rings. The van der Waals surface area contributed by atoms with Crippen molar-refractivity contribution in [2.24, 2.45) is 0 Å². The molecular weight excluding hydrogens is 166 g/mol. The second kappa shape index (κ2) is 2.90. The lowest BCUT2D eigenvalue weighted by atomic mass is 10.1. The third-order valence-electron chi connectivity index (χ3n) is 1.71. The maximum atomic E-state index is 5.68. The van der Waals surface area contributed by atoms with E-state index in [0.29, 0.717) is 11.6 Å². The van der Waals surface area contributed by atoms with Gasteiger partial charge in [-0.15, -0.1) is 10.2 Å². The Morgan fingerprint density at radius 1 is 1.31 bits per heavy atom. The number of nitrogens with two attached hydrogens (primary N) is 1. The van der Waals surface area contributed by atoms with Crippen molar-refractivity contribution in [2.75, 3.05) is 5.73 Å². The van der Waals surface area contributed by atoms with Gasteiger partial charge in [-0.05, 0) is 30.7 Å². The van der Waals surface area contributed by atoms with Crippen LogP contribution in [0.3, 0.4) is 0 Å². The van der Waals surface area contributed by atoms with Gasteiger partial charge in [0.05, 0.1) is 0 Å². The molecule has 2 rings (SSSR count). The Bertz CT molecular complexity index is 389. The Hall–Kier alpha value is -1.84. The van der Waals surface area contributed by atoms with Crippen molar-refractivity contribution in [3.8, 4) is 11.5 Å². The zero-order chi connectivity index (χ0) is 9.26. The Labute approximate surface area is 75.4 Å². The Morgan fingerprint density at radius 3 is 2.77 bits per heavy atom. The smallest absolute Gasteiger partial charge is 0.247 e. The molecule has 0 aliphatic heterocycles. The lowest BCUT2D eigenvalue weighted by molar-refractivity contribution is 0.568. The van der Waals surface area contributed by atoms with Gasteiger partial charge in [0, 0.05) is 11.3 Å². The van der Waals surface area contributed by atoms with E-state index in [4.69, 9.17) is 10.2 Å². The van der Waals surface area contributed by atoms with E-state index >= 15 is 0 Å². The number of nitrogen functional groups attached to an aromatic ring is 1. The molecular formula is C9H9N3O. The molecule has 0 aliphatic carbocycles. The predicted molar refractivity (Wildman–Crippen MR) is 48.9 cm³/mol.